The number of aryl methyl sites for hydroxylation is 2. The molecule has 2 aromatic carbocycles. The molecular formula is C20H25N3O3S. The zero-order valence-corrected chi connectivity index (χ0v) is 16.7. The normalized spacial score (nSPS) is 14.1. The maximum absolute atomic E-state index is 12.5. The molecule has 1 heterocycles. The highest BCUT2D eigenvalue weighted by molar-refractivity contribution is 7.89. The van der Waals surface area contributed by atoms with E-state index in [9.17, 15) is 13.2 Å². The summed E-state index contributed by atoms with van der Waals surface area (Å²) in [7, 11) is -0.491. The van der Waals surface area contributed by atoms with Crippen molar-refractivity contribution >= 4 is 27.3 Å². The third-order valence-electron chi connectivity index (χ3n) is 4.70. The average molecular weight is 388 g/mol. The standard InChI is InChI=1S/C20H25N3O3S/c1-15-6-11-19-16(13-15)5-4-12-23(19)14-20(24)21-17-7-9-18(10-8-17)27(25,26)22(2)3/h6-11,13H,4-5,12,14H2,1-3H3,(H,21,24). The minimum Gasteiger partial charge on any atom is -0.362 e. The van der Waals surface area contributed by atoms with Gasteiger partial charge in [-0.15, -0.1) is 0 Å². The van der Waals surface area contributed by atoms with Crippen LogP contribution in [0.3, 0.4) is 0 Å². The zero-order valence-electron chi connectivity index (χ0n) is 15.9. The number of rotatable bonds is 5. The number of hydrogen-bond donors (Lipinski definition) is 1. The van der Waals surface area contributed by atoms with Gasteiger partial charge in [0.15, 0.2) is 0 Å². The van der Waals surface area contributed by atoms with Crippen LogP contribution in [0.4, 0.5) is 11.4 Å². The molecule has 3 rings (SSSR count). The van der Waals surface area contributed by atoms with Crippen LogP contribution in [0.15, 0.2) is 47.4 Å². The van der Waals surface area contributed by atoms with Crippen molar-refractivity contribution in [1.82, 2.24) is 4.31 Å². The summed E-state index contributed by atoms with van der Waals surface area (Å²) in [5.41, 5.74) is 4.22. The first kappa shape index (κ1) is 19.4. The third kappa shape index (κ3) is 4.31. The van der Waals surface area contributed by atoms with Crippen molar-refractivity contribution in [2.45, 2.75) is 24.7 Å². The summed E-state index contributed by atoms with van der Waals surface area (Å²) >= 11 is 0. The van der Waals surface area contributed by atoms with E-state index in [0.717, 1.165) is 29.4 Å². The second-order valence-electron chi connectivity index (χ2n) is 7.02. The lowest BCUT2D eigenvalue weighted by molar-refractivity contribution is -0.115. The van der Waals surface area contributed by atoms with Crippen LogP contribution >= 0.6 is 0 Å². The van der Waals surface area contributed by atoms with E-state index in [-0.39, 0.29) is 17.3 Å². The van der Waals surface area contributed by atoms with Crippen LogP contribution in [0.2, 0.25) is 0 Å². The van der Waals surface area contributed by atoms with Crippen LogP contribution in [0.1, 0.15) is 17.5 Å². The first-order valence-corrected chi connectivity index (χ1v) is 10.4. The van der Waals surface area contributed by atoms with E-state index in [1.165, 1.54) is 37.4 Å². The summed E-state index contributed by atoms with van der Waals surface area (Å²) < 4.78 is 25.4. The Kier molecular flexibility index (Phi) is 5.53. The summed E-state index contributed by atoms with van der Waals surface area (Å²) in [5.74, 6) is -0.119. The van der Waals surface area contributed by atoms with Gasteiger partial charge in [-0.1, -0.05) is 17.7 Å². The van der Waals surface area contributed by atoms with Gasteiger partial charge in [0.05, 0.1) is 11.4 Å². The van der Waals surface area contributed by atoms with Crippen molar-refractivity contribution in [1.29, 1.82) is 0 Å². The Labute approximate surface area is 160 Å². The van der Waals surface area contributed by atoms with Crippen molar-refractivity contribution in [3.8, 4) is 0 Å². The second kappa shape index (κ2) is 7.70. The van der Waals surface area contributed by atoms with Gasteiger partial charge in [-0.05, 0) is 55.7 Å². The summed E-state index contributed by atoms with van der Waals surface area (Å²) in [6, 6.07) is 12.6. The number of carbonyl (C=O) groups excluding carboxylic acids is 1. The van der Waals surface area contributed by atoms with Gasteiger partial charge in [-0.25, -0.2) is 12.7 Å². The van der Waals surface area contributed by atoms with Crippen LogP contribution in [0.5, 0.6) is 0 Å². The molecular weight excluding hydrogens is 362 g/mol. The van der Waals surface area contributed by atoms with Crippen molar-refractivity contribution in [3.05, 3.63) is 53.6 Å². The predicted octanol–water partition coefficient (Wildman–Crippen LogP) is 2.64. The second-order valence-corrected chi connectivity index (χ2v) is 9.17. The number of hydrogen-bond acceptors (Lipinski definition) is 4. The molecule has 7 heteroatoms. The molecule has 0 spiro atoms. The lowest BCUT2D eigenvalue weighted by Gasteiger charge is -2.31. The molecule has 6 nitrogen and oxygen atoms in total. The van der Waals surface area contributed by atoms with Crippen LogP contribution in [0, 0.1) is 6.92 Å². The summed E-state index contributed by atoms with van der Waals surface area (Å²) in [4.78, 5) is 14.8. The Bertz CT molecular complexity index is 937. The van der Waals surface area contributed by atoms with E-state index in [2.05, 4.69) is 35.3 Å². The van der Waals surface area contributed by atoms with Gasteiger partial charge in [0.25, 0.3) is 0 Å². The third-order valence-corrected chi connectivity index (χ3v) is 6.53. The fourth-order valence-corrected chi connectivity index (χ4v) is 4.16. The molecule has 2 aromatic rings. The molecule has 0 radical (unpaired) electrons. The van der Waals surface area contributed by atoms with Crippen LogP contribution in [-0.2, 0) is 21.2 Å². The molecule has 0 saturated heterocycles. The first-order chi connectivity index (χ1) is 12.8. The topological polar surface area (TPSA) is 69.7 Å². The maximum Gasteiger partial charge on any atom is 0.243 e. The van der Waals surface area contributed by atoms with Gasteiger partial charge < -0.3 is 10.2 Å². The van der Waals surface area contributed by atoms with E-state index in [1.807, 2.05) is 0 Å². The van der Waals surface area contributed by atoms with Crippen LogP contribution < -0.4 is 10.2 Å². The molecule has 0 bridgehead atoms. The smallest absolute Gasteiger partial charge is 0.243 e. The van der Waals surface area contributed by atoms with E-state index in [0.29, 0.717) is 5.69 Å². The number of amides is 1. The number of nitrogens with one attached hydrogen (secondary N) is 1. The number of benzene rings is 2. The van der Waals surface area contributed by atoms with Crippen molar-refractivity contribution in [2.24, 2.45) is 0 Å². The van der Waals surface area contributed by atoms with Crippen LogP contribution in [0.25, 0.3) is 0 Å². The first-order valence-electron chi connectivity index (χ1n) is 8.94. The van der Waals surface area contributed by atoms with Gasteiger partial charge >= 0.3 is 0 Å². The minimum atomic E-state index is -3.47. The summed E-state index contributed by atoms with van der Waals surface area (Å²) in [5, 5.41) is 2.85. The van der Waals surface area contributed by atoms with Gasteiger partial charge in [-0.2, -0.15) is 0 Å². The molecule has 1 aliphatic rings. The Hall–Kier alpha value is -2.38. The minimum absolute atomic E-state index is 0.119. The molecule has 1 aliphatic heterocycles. The fourth-order valence-electron chi connectivity index (χ4n) is 3.26. The lowest BCUT2D eigenvalue weighted by Crippen LogP contribution is -2.36. The molecule has 144 valence electrons. The molecule has 0 saturated carbocycles. The van der Waals surface area contributed by atoms with Gasteiger partial charge in [-0.3, -0.25) is 4.79 Å². The molecule has 1 N–H and O–H groups in total. The molecule has 27 heavy (non-hydrogen) atoms. The fraction of sp³-hybridized carbons (Fsp3) is 0.350. The van der Waals surface area contributed by atoms with E-state index in [1.54, 1.807) is 12.1 Å². The number of fused-ring (bicyclic) bond motifs is 1. The number of anilines is 2. The number of carbonyl (C=O) groups is 1. The van der Waals surface area contributed by atoms with E-state index < -0.39 is 10.0 Å². The average Bonchev–Trinajstić information content (AvgIpc) is 2.62. The van der Waals surface area contributed by atoms with Crippen molar-refractivity contribution < 1.29 is 13.2 Å². The molecule has 0 unspecified atom stereocenters. The number of sulfonamides is 1. The highest BCUT2D eigenvalue weighted by Gasteiger charge is 2.20. The Morgan fingerprint density at radius 2 is 1.85 bits per heavy atom. The molecule has 1 amide bonds. The number of nitrogens with zero attached hydrogens (tertiary/aromatic N) is 2. The molecule has 0 atom stereocenters. The summed E-state index contributed by atoms with van der Waals surface area (Å²) in [6.07, 6.45) is 2.07. The van der Waals surface area contributed by atoms with Crippen LogP contribution in [-0.4, -0.2) is 45.8 Å². The summed E-state index contributed by atoms with van der Waals surface area (Å²) in [6.45, 7) is 3.20. The Morgan fingerprint density at radius 1 is 1.15 bits per heavy atom. The van der Waals surface area contributed by atoms with Crippen molar-refractivity contribution in [2.75, 3.05) is 37.4 Å². The van der Waals surface area contributed by atoms with Gasteiger partial charge in [0.2, 0.25) is 15.9 Å². The molecule has 0 fully saturated rings. The molecule has 0 aromatic heterocycles. The monoisotopic (exact) mass is 387 g/mol. The lowest BCUT2D eigenvalue weighted by atomic mass is 9.99. The van der Waals surface area contributed by atoms with Gasteiger partial charge in [0, 0.05) is 32.0 Å². The van der Waals surface area contributed by atoms with Crippen molar-refractivity contribution in [3.63, 3.8) is 0 Å². The van der Waals surface area contributed by atoms with E-state index in [4.69, 9.17) is 0 Å². The Morgan fingerprint density at radius 3 is 2.52 bits per heavy atom. The Balaban J connectivity index is 1.67. The predicted molar refractivity (Wildman–Crippen MR) is 108 cm³/mol. The zero-order chi connectivity index (χ0) is 19.6. The SMILES string of the molecule is Cc1ccc2c(c1)CCCN2CC(=O)Nc1ccc(S(=O)(=O)N(C)C)cc1. The maximum atomic E-state index is 12.5. The van der Waals surface area contributed by atoms with Gasteiger partial charge in [0.1, 0.15) is 0 Å². The largest absolute Gasteiger partial charge is 0.362 e. The van der Waals surface area contributed by atoms with E-state index >= 15 is 0 Å². The quantitative estimate of drug-likeness (QED) is 0.856. The molecule has 0 aliphatic carbocycles. The highest BCUT2D eigenvalue weighted by atomic mass is 32.2. The highest BCUT2D eigenvalue weighted by Crippen LogP contribution is 2.27.